The quantitative estimate of drug-likeness (QED) is 0.829. The van der Waals surface area contributed by atoms with Crippen LogP contribution in [0.15, 0.2) is 17.0 Å². The van der Waals surface area contributed by atoms with Crippen LogP contribution in [0.25, 0.3) is 0 Å². The molecule has 1 atom stereocenters. The number of hydrogen-bond acceptors (Lipinski definition) is 3. The predicted octanol–water partition coefficient (Wildman–Crippen LogP) is 2.57. The molecule has 0 saturated carbocycles. The Bertz CT molecular complexity index is 318. The molecular weight excluding hydrogens is 265 g/mol. The number of hydrogen-bond donors (Lipinski definition) is 0. The van der Waals surface area contributed by atoms with Crippen molar-refractivity contribution >= 4 is 15.9 Å². The van der Waals surface area contributed by atoms with E-state index < -0.39 is 12.3 Å². The highest BCUT2D eigenvalue weighted by molar-refractivity contribution is 9.10. The van der Waals surface area contributed by atoms with Crippen LogP contribution in [-0.4, -0.2) is 22.2 Å². The van der Waals surface area contributed by atoms with Crippen molar-refractivity contribution in [2.75, 3.05) is 0 Å². The van der Waals surface area contributed by atoms with Gasteiger partial charge < -0.3 is 4.74 Å². The first-order chi connectivity index (χ1) is 6.41. The van der Waals surface area contributed by atoms with Crippen molar-refractivity contribution in [2.24, 2.45) is 0 Å². The van der Waals surface area contributed by atoms with E-state index in [-0.39, 0.29) is 10.4 Å². The van der Waals surface area contributed by atoms with Gasteiger partial charge in [0.15, 0.2) is 6.10 Å². The van der Waals surface area contributed by atoms with Gasteiger partial charge in [-0.3, -0.25) is 0 Å². The number of halogens is 4. The summed E-state index contributed by atoms with van der Waals surface area (Å²) >= 11 is 2.97. The van der Waals surface area contributed by atoms with Crippen LogP contribution < -0.4 is 4.74 Å². The molecule has 0 saturated heterocycles. The first kappa shape index (κ1) is 11.2. The predicted molar refractivity (Wildman–Crippen MR) is 45.9 cm³/mol. The Hall–Kier alpha value is -0.850. The van der Waals surface area contributed by atoms with Crippen LogP contribution in [0.2, 0.25) is 0 Å². The standard InChI is InChI=1S/C7H6BrF3N2O/c1-4(7(9,10)11)14-6-5(8)2-12-3-13-6/h2-4H,1H3. The molecule has 0 radical (unpaired) electrons. The van der Waals surface area contributed by atoms with Gasteiger partial charge >= 0.3 is 6.18 Å². The third kappa shape index (κ3) is 2.83. The van der Waals surface area contributed by atoms with E-state index in [1.54, 1.807) is 0 Å². The number of nitrogens with zero attached hydrogens (tertiary/aromatic N) is 2. The molecule has 1 rings (SSSR count). The summed E-state index contributed by atoms with van der Waals surface area (Å²) in [5.41, 5.74) is 0. The van der Waals surface area contributed by atoms with Gasteiger partial charge in [-0.1, -0.05) is 0 Å². The monoisotopic (exact) mass is 270 g/mol. The number of rotatable bonds is 2. The van der Waals surface area contributed by atoms with E-state index in [0.29, 0.717) is 0 Å². The van der Waals surface area contributed by atoms with E-state index in [2.05, 4.69) is 30.6 Å². The molecule has 0 fully saturated rings. The summed E-state index contributed by atoms with van der Waals surface area (Å²) in [5.74, 6) is -0.121. The normalized spacial score (nSPS) is 13.8. The fraction of sp³-hybridized carbons (Fsp3) is 0.429. The van der Waals surface area contributed by atoms with Crippen molar-refractivity contribution in [1.82, 2.24) is 9.97 Å². The molecular formula is C7H6BrF3N2O. The summed E-state index contributed by atoms with van der Waals surface area (Å²) in [6.07, 6.45) is -3.87. The van der Waals surface area contributed by atoms with Crippen LogP contribution >= 0.6 is 15.9 Å². The highest BCUT2D eigenvalue weighted by Gasteiger charge is 2.38. The second-order valence-electron chi connectivity index (χ2n) is 2.48. The average molecular weight is 271 g/mol. The molecule has 0 amide bonds. The van der Waals surface area contributed by atoms with Crippen LogP contribution in [0, 0.1) is 0 Å². The molecule has 0 aliphatic carbocycles. The van der Waals surface area contributed by atoms with Crippen LogP contribution in [0.4, 0.5) is 13.2 Å². The maximum Gasteiger partial charge on any atom is 0.425 e. The van der Waals surface area contributed by atoms with Crippen molar-refractivity contribution in [2.45, 2.75) is 19.2 Å². The van der Waals surface area contributed by atoms with Crippen molar-refractivity contribution in [3.8, 4) is 5.88 Å². The zero-order valence-corrected chi connectivity index (χ0v) is 8.63. The van der Waals surface area contributed by atoms with Gasteiger partial charge in [-0.2, -0.15) is 13.2 Å². The molecule has 1 aromatic rings. The lowest BCUT2D eigenvalue weighted by atomic mass is 10.4. The molecule has 0 bridgehead atoms. The minimum atomic E-state index is -4.40. The van der Waals surface area contributed by atoms with E-state index in [4.69, 9.17) is 0 Å². The molecule has 0 aromatic carbocycles. The number of ether oxygens (including phenoxy) is 1. The van der Waals surface area contributed by atoms with Crippen LogP contribution in [-0.2, 0) is 0 Å². The van der Waals surface area contributed by atoms with Crippen LogP contribution in [0.3, 0.4) is 0 Å². The minimum absolute atomic E-state index is 0.121. The molecule has 14 heavy (non-hydrogen) atoms. The lowest BCUT2D eigenvalue weighted by molar-refractivity contribution is -0.190. The summed E-state index contributed by atoms with van der Waals surface area (Å²) < 4.78 is 41.1. The van der Waals surface area contributed by atoms with Gasteiger partial charge in [0.2, 0.25) is 5.88 Å². The summed E-state index contributed by atoms with van der Waals surface area (Å²) in [5, 5.41) is 0. The second-order valence-corrected chi connectivity index (χ2v) is 3.33. The molecule has 0 spiro atoms. The Morgan fingerprint density at radius 2 is 2.14 bits per heavy atom. The summed E-state index contributed by atoms with van der Waals surface area (Å²) in [6, 6.07) is 0. The summed E-state index contributed by atoms with van der Waals surface area (Å²) in [7, 11) is 0. The Morgan fingerprint density at radius 3 is 2.64 bits per heavy atom. The Kier molecular flexibility index (Phi) is 3.30. The number of alkyl halides is 3. The SMILES string of the molecule is CC(Oc1ncncc1Br)C(F)(F)F. The molecule has 0 aliphatic heterocycles. The van der Waals surface area contributed by atoms with E-state index >= 15 is 0 Å². The third-order valence-corrected chi connectivity index (χ3v) is 1.93. The fourth-order valence-corrected chi connectivity index (χ4v) is 0.936. The minimum Gasteiger partial charge on any atom is -0.464 e. The lowest BCUT2D eigenvalue weighted by Crippen LogP contribution is -2.31. The first-order valence-electron chi connectivity index (χ1n) is 3.60. The van der Waals surface area contributed by atoms with Crippen molar-refractivity contribution < 1.29 is 17.9 Å². The zero-order valence-electron chi connectivity index (χ0n) is 7.05. The molecule has 0 N–H and O–H groups in total. The van der Waals surface area contributed by atoms with Gasteiger partial charge in [0, 0.05) is 6.20 Å². The van der Waals surface area contributed by atoms with Gasteiger partial charge in [0.25, 0.3) is 0 Å². The Labute approximate surface area is 86.4 Å². The maximum absolute atomic E-state index is 12.1. The van der Waals surface area contributed by atoms with Gasteiger partial charge in [-0.05, 0) is 22.9 Å². The fourth-order valence-electron chi connectivity index (χ4n) is 0.622. The number of aromatic nitrogens is 2. The van der Waals surface area contributed by atoms with E-state index in [0.717, 1.165) is 13.3 Å². The molecule has 1 heterocycles. The molecule has 0 aliphatic rings. The molecule has 78 valence electrons. The Morgan fingerprint density at radius 1 is 1.50 bits per heavy atom. The van der Waals surface area contributed by atoms with Crippen LogP contribution in [0.5, 0.6) is 5.88 Å². The van der Waals surface area contributed by atoms with Gasteiger partial charge in [0.1, 0.15) is 6.33 Å². The summed E-state index contributed by atoms with van der Waals surface area (Å²) in [6.45, 7) is 0.911. The largest absolute Gasteiger partial charge is 0.464 e. The summed E-state index contributed by atoms with van der Waals surface area (Å²) in [4.78, 5) is 7.15. The smallest absolute Gasteiger partial charge is 0.425 e. The molecule has 7 heteroatoms. The second kappa shape index (κ2) is 4.12. The van der Waals surface area contributed by atoms with E-state index in [1.165, 1.54) is 6.20 Å². The van der Waals surface area contributed by atoms with Crippen LogP contribution in [0.1, 0.15) is 6.92 Å². The molecule has 1 unspecified atom stereocenters. The molecule has 3 nitrogen and oxygen atoms in total. The average Bonchev–Trinajstić information content (AvgIpc) is 2.07. The maximum atomic E-state index is 12.1. The Balaban J connectivity index is 2.75. The van der Waals surface area contributed by atoms with Crippen molar-refractivity contribution in [3.63, 3.8) is 0 Å². The highest BCUT2D eigenvalue weighted by Crippen LogP contribution is 2.27. The highest BCUT2D eigenvalue weighted by atomic mass is 79.9. The first-order valence-corrected chi connectivity index (χ1v) is 4.39. The lowest BCUT2D eigenvalue weighted by Gasteiger charge is -2.17. The van der Waals surface area contributed by atoms with E-state index in [1.807, 2.05) is 0 Å². The van der Waals surface area contributed by atoms with Crippen molar-refractivity contribution in [1.29, 1.82) is 0 Å². The van der Waals surface area contributed by atoms with Gasteiger partial charge in [-0.15, -0.1) is 0 Å². The topological polar surface area (TPSA) is 35.0 Å². The zero-order chi connectivity index (χ0) is 10.8. The van der Waals surface area contributed by atoms with Gasteiger partial charge in [0.05, 0.1) is 4.47 Å². The van der Waals surface area contributed by atoms with E-state index in [9.17, 15) is 13.2 Å². The third-order valence-electron chi connectivity index (χ3n) is 1.38. The van der Waals surface area contributed by atoms with Crippen molar-refractivity contribution in [3.05, 3.63) is 17.0 Å². The van der Waals surface area contributed by atoms with Gasteiger partial charge in [-0.25, -0.2) is 9.97 Å². The molecule has 1 aromatic heterocycles.